The molecule has 102 valence electrons. The summed E-state index contributed by atoms with van der Waals surface area (Å²) in [6.07, 6.45) is 1.98. The average Bonchev–Trinajstić information content (AvgIpc) is 2.34. The third kappa shape index (κ3) is 3.66. The van der Waals surface area contributed by atoms with Gasteiger partial charge < -0.3 is 4.90 Å². The van der Waals surface area contributed by atoms with E-state index in [1.165, 1.54) is 4.90 Å². The molecule has 1 rings (SSSR count). The topological polar surface area (TPSA) is 20.3 Å². The van der Waals surface area contributed by atoms with Crippen molar-refractivity contribution in [3.05, 3.63) is 0 Å². The first-order valence-corrected chi connectivity index (χ1v) is 6.19. The number of carbonyl (C=O) groups excluding carboxylic acids is 1. The summed E-state index contributed by atoms with van der Waals surface area (Å²) < 4.78 is 38.0. The number of hydrogen-bond donors (Lipinski definition) is 0. The molecule has 0 heterocycles. The SMILES string of the molecule is C#CCN(CC)C(=O)C1CCCC(C(F)(F)F)C1. The molecule has 2 atom stereocenters. The molecule has 0 N–H and O–H groups in total. The maximum Gasteiger partial charge on any atom is 0.391 e. The molecule has 0 aromatic rings. The lowest BCUT2D eigenvalue weighted by Gasteiger charge is -2.32. The van der Waals surface area contributed by atoms with E-state index in [2.05, 4.69) is 5.92 Å². The highest BCUT2D eigenvalue weighted by molar-refractivity contribution is 5.79. The first-order chi connectivity index (χ1) is 8.40. The molecule has 1 aliphatic carbocycles. The van der Waals surface area contributed by atoms with Crippen LogP contribution >= 0.6 is 0 Å². The molecule has 0 aromatic heterocycles. The van der Waals surface area contributed by atoms with E-state index in [9.17, 15) is 18.0 Å². The highest BCUT2D eigenvalue weighted by Crippen LogP contribution is 2.40. The maximum absolute atomic E-state index is 12.7. The second kappa shape index (κ2) is 6.12. The van der Waals surface area contributed by atoms with Crippen LogP contribution in [0.4, 0.5) is 13.2 Å². The Morgan fingerprint density at radius 2 is 2.11 bits per heavy atom. The van der Waals surface area contributed by atoms with Crippen molar-refractivity contribution in [3.8, 4) is 12.3 Å². The molecule has 0 aliphatic heterocycles. The highest BCUT2D eigenvalue weighted by Gasteiger charge is 2.44. The Labute approximate surface area is 106 Å². The predicted octanol–water partition coefficient (Wildman–Crippen LogP) is 2.84. The molecule has 5 heteroatoms. The lowest BCUT2D eigenvalue weighted by Crippen LogP contribution is -2.40. The Kier molecular flexibility index (Phi) is 5.06. The summed E-state index contributed by atoms with van der Waals surface area (Å²) in [5, 5.41) is 0. The van der Waals surface area contributed by atoms with E-state index in [0.29, 0.717) is 19.4 Å². The van der Waals surface area contributed by atoms with Crippen LogP contribution in [0.1, 0.15) is 32.6 Å². The summed E-state index contributed by atoms with van der Waals surface area (Å²) >= 11 is 0. The lowest BCUT2D eigenvalue weighted by molar-refractivity contribution is -0.187. The highest BCUT2D eigenvalue weighted by atomic mass is 19.4. The second-order valence-corrected chi connectivity index (χ2v) is 4.66. The molecular formula is C13H18F3NO. The van der Waals surface area contributed by atoms with E-state index >= 15 is 0 Å². The van der Waals surface area contributed by atoms with Crippen molar-refractivity contribution in [3.63, 3.8) is 0 Å². The summed E-state index contributed by atoms with van der Waals surface area (Å²) in [4.78, 5) is 13.5. The van der Waals surface area contributed by atoms with E-state index in [4.69, 9.17) is 6.42 Å². The van der Waals surface area contributed by atoms with Gasteiger partial charge in [-0.15, -0.1) is 6.42 Å². The van der Waals surface area contributed by atoms with Crippen molar-refractivity contribution in [1.29, 1.82) is 0 Å². The van der Waals surface area contributed by atoms with Crippen molar-refractivity contribution in [2.75, 3.05) is 13.1 Å². The molecule has 2 unspecified atom stereocenters. The summed E-state index contributed by atoms with van der Waals surface area (Å²) in [7, 11) is 0. The minimum Gasteiger partial charge on any atom is -0.332 e. The molecule has 0 aromatic carbocycles. The number of amides is 1. The van der Waals surface area contributed by atoms with Crippen LogP contribution in [-0.4, -0.2) is 30.1 Å². The molecule has 0 spiro atoms. The number of alkyl halides is 3. The Morgan fingerprint density at radius 3 is 2.61 bits per heavy atom. The molecule has 2 nitrogen and oxygen atoms in total. The number of halogens is 3. The molecule has 0 saturated heterocycles. The Balaban J connectivity index is 2.66. The zero-order chi connectivity index (χ0) is 13.8. The lowest BCUT2D eigenvalue weighted by atomic mass is 9.80. The van der Waals surface area contributed by atoms with E-state index in [1.807, 2.05) is 0 Å². The molecule has 0 bridgehead atoms. The number of terminal acetylenes is 1. The van der Waals surface area contributed by atoms with Crippen molar-refractivity contribution < 1.29 is 18.0 Å². The fourth-order valence-electron chi connectivity index (χ4n) is 2.43. The zero-order valence-electron chi connectivity index (χ0n) is 10.5. The first kappa shape index (κ1) is 14.9. The van der Waals surface area contributed by atoms with Gasteiger partial charge in [0.15, 0.2) is 0 Å². The van der Waals surface area contributed by atoms with Gasteiger partial charge in [0.2, 0.25) is 5.91 Å². The largest absolute Gasteiger partial charge is 0.391 e. The van der Waals surface area contributed by atoms with Gasteiger partial charge in [0.05, 0.1) is 12.5 Å². The fraction of sp³-hybridized carbons (Fsp3) is 0.769. The van der Waals surface area contributed by atoms with Crippen LogP contribution in [0.3, 0.4) is 0 Å². The fourth-order valence-corrected chi connectivity index (χ4v) is 2.43. The number of rotatable bonds is 3. The van der Waals surface area contributed by atoms with Gasteiger partial charge in [-0.3, -0.25) is 4.79 Å². The third-order valence-corrected chi connectivity index (χ3v) is 3.46. The van der Waals surface area contributed by atoms with Crippen LogP contribution in [0.5, 0.6) is 0 Å². The molecule has 1 amide bonds. The van der Waals surface area contributed by atoms with Crippen LogP contribution in [-0.2, 0) is 4.79 Å². The Morgan fingerprint density at radius 1 is 1.44 bits per heavy atom. The van der Waals surface area contributed by atoms with Crippen molar-refractivity contribution >= 4 is 5.91 Å². The van der Waals surface area contributed by atoms with E-state index in [-0.39, 0.29) is 25.3 Å². The quantitative estimate of drug-likeness (QED) is 0.715. The van der Waals surface area contributed by atoms with Gasteiger partial charge in [0.25, 0.3) is 0 Å². The standard InChI is InChI=1S/C13H18F3NO/c1-3-8-17(4-2)12(18)10-6-5-7-11(9-10)13(14,15)16/h1,10-11H,4-9H2,2H3. The smallest absolute Gasteiger partial charge is 0.332 e. The van der Waals surface area contributed by atoms with Gasteiger partial charge in [-0.2, -0.15) is 13.2 Å². The molecule has 18 heavy (non-hydrogen) atoms. The first-order valence-electron chi connectivity index (χ1n) is 6.19. The molecule has 1 fully saturated rings. The van der Waals surface area contributed by atoms with Crippen LogP contribution in [0.25, 0.3) is 0 Å². The van der Waals surface area contributed by atoms with Gasteiger partial charge in [-0.1, -0.05) is 12.3 Å². The van der Waals surface area contributed by atoms with Crippen LogP contribution in [0.15, 0.2) is 0 Å². The minimum atomic E-state index is -4.19. The molecule has 1 saturated carbocycles. The van der Waals surface area contributed by atoms with Gasteiger partial charge in [-0.25, -0.2) is 0 Å². The van der Waals surface area contributed by atoms with Gasteiger partial charge >= 0.3 is 6.18 Å². The second-order valence-electron chi connectivity index (χ2n) is 4.66. The minimum absolute atomic E-state index is 0.0938. The molecule has 1 aliphatic rings. The average molecular weight is 261 g/mol. The number of carbonyl (C=O) groups is 1. The van der Waals surface area contributed by atoms with Crippen molar-refractivity contribution in [2.45, 2.75) is 38.8 Å². The normalized spacial score (nSPS) is 24.4. The van der Waals surface area contributed by atoms with E-state index < -0.39 is 18.0 Å². The Hall–Kier alpha value is -1.18. The van der Waals surface area contributed by atoms with Crippen LogP contribution in [0.2, 0.25) is 0 Å². The number of nitrogens with zero attached hydrogens (tertiary/aromatic N) is 1. The van der Waals surface area contributed by atoms with E-state index in [0.717, 1.165) is 0 Å². The van der Waals surface area contributed by atoms with Crippen molar-refractivity contribution in [1.82, 2.24) is 4.90 Å². The summed E-state index contributed by atoms with van der Waals surface area (Å²) in [5.41, 5.74) is 0. The number of hydrogen-bond acceptors (Lipinski definition) is 1. The molecule has 0 radical (unpaired) electrons. The van der Waals surface area contributed by atoms with Crippen LogP contribution in [0, 0.1) is 24.2 Å². The van der Waals surface area contributed by atoms with Crippen molar-refractivity contribution in [2.24, 2.45) is 11.8 Å². The summed E-state index contributed by atoms with van der Waals surface area (Å²) in [5.74, 6) is 0.259. The Bertz CT molecular complexity index is 332. The molecular weight excluding hydrogens is 243 g/mol. The zero-order valence-corrected chi connectivity index (χ0v) is 10.5. The van der Waals surface area contributed by atoms with E-state index in [1.54, 1.807) is 6.92 Å². The van der Waals surface area contributed by atoms with Gasteiger partial charge in [-0.05, 0) is 26.2 Å². The van der Waals surface area contributed by atoms with Gasteiger partial charge in [0, 0.05) is 12.5 Å². The van der Waals surface area contributed by atoms with Gasteiger partial charge in [0.1, 0.15) is 0 Å². The summed E-state index contributed by atoms with van der Waals surface area (Å²) in [6, 6.07) is 0. The predicted molar refractivity (Wildman–Crippen MR) is 62.6 cm³/mol. The maximum atomic E-state index is 12.7. The van der Waals surface area contributed by atoms with Crippen LogP contribution < -0.4 is 0 Å². The monoisotopic (exact) mass is 261 g/mol. The summed E-state index contributed by atoms with van der Waals surface area (Å²) in [6.45, 7) is 2.39. The third-order valence-electron chi connectivity index (χ3n) is 3.46.